The van der Waals surface area contributed by atoms with E-state index >= 15 is 0 Å². The van der Waals surface area contributed by atoms with Gasteiger partial charge in [-0.15, -0.1) is 0 Å². The fraction of sp³-hybridized carbons (Fsp3) is 0.412. The van der Waals surface area contributed by atoms with Crippen molar-refractivity contribution in [1.29, 1.82) is 0 Å². The van der Waals surface area contributed by atoms with Gasteiger partial charge in [0.05, 0.1) is 6.54 Å². The van der Waals surface area contributed by atoms with Gasteiger partial charge in [0.15, 0.2) is 0 Å². The summed E-state index contributed by atoms with van der Waals surface area (Å²) in [5, 5.41) is 10.8. The molecule has 1 atom stereocenters. The van der Waals surface area contributed by atoms with Gasteiger partial charge >= 0.3 is 0 Å². The Morgan fingerprint density at radius 1 is 1.25 bits per heavy atom. The minimum Gasteiger partial charge on any atom is -0.465 e. The zero-order valence-electron chi connectivity index (χ0n) is 12.1. The number of benzene rings is 1. The second kappa shape index (κ2) is 5.08. The summed E-state index contributed by atoms with van der Waals surface area (Å²) < 4.78 is 5.73. The topological polar surface area (TPSA) is 36.6 Å². The van der Waals surface area contributed by atoms with E-state index in [2.05, 4.69) is 17.9 Å². The predicted molar refractivity (Wildman–Crippen MR) is 78.4 cm³/mol. The van der Waals surface area contributed by atoms with Crippen LogP contribution in [0.25, 0.3) is 0 Å². The number of nitrogens with zero attached hydrogens (tertiary/aromatic N) is 1. The molecule has 1 saturated heterocycles. The largest absolute Gasteiger partial charge is 0.465 e. The number of aliphatic hydroxyl groups is 1. The molecule has 2 heterocycles. The number of furan rings is 1. The second-order valence-electron chi connectivity index (χ2n) is 5.82. The molecule has 1 N–H and O–H groups in total. The molecule has 2 aromatic rings. The molecule has 1 aromatic heterocycles. The van der Waals surface area contributed by atoms with Gasteiger partial charge in [-0.3, -0.25) is 4.90 Å². The number of hydrogen-bond acceptors (Lipinski definition) is 3. The van der Waals surface area contributed by atoms with Crippen LogP contribution < -0.4 is 0 Å². The van der Waals surface area contributed by atoms with Crippen molar-refractivity contribution in [3.8, 4) is 0 Å². The van der Waals surface area contributed by atoms with E-state index in [1.165, 1.54) is 5.56 Å². The van der Waals surface area contributed by atoms with Crippen LogP contribution in [0.1, 0.15) is 29.1 Å². The molecule has 1 unspecified atom stereocenters. The fourth-order valence-electron chi connectivity index (χ4n) is 3.04. The van der Waals surface area contributed by atoms with Gasteiger partial charge in [-0.2, -0.15) is 0 Å². The molecule has 1 aliphatic rings. The summed E-state index contributed by atoms with van der Waals surface area (Å²) in [7, 11) is 0. The van der Waals surface area contributed by atoms with Gasteiger partial charge in [0.1, 0.15) is 17.1 Å². The summed E-state index contributed by atoms with van der Waals surface area (Å²) >= 11 is 0. The summed E-state index contributed by atoms with van der Waals surface area (Å²) in [6.07, 6.45) is 0.774. The van der Waals surface area contributed by atoms with E-state index in [9.17, 15) is 5.11 Å². The third-order valence-corrected chi connectivity index (χ3v) is 4.15. The van der Waals surface area contributed by atoms with Gasteiger partial charge in [-0.05, 0) is 37.5 Å². The van der Waals surface area contributed by atoms with Crippen molar-refractivity contribution in [3.63, 3.8) is 0 Å². The molecule has 0 aliphatic carbocycles. The minimum absolute atomic E-state index is 0.663. The van der Waals surface area contributed by atoms with E-state index in [0.29, 0.717) is 6.54 Å². The third-order valence-electron chi connectivity index (χ3n) is 4.15. The first-order chi connectivity index (χ1) is 9.57. The number of likely N-dealkylation sites (tertiary alicyclic amines) is 1. The first-order valence-electron chi connectivity index (χ1n) is 7.13. The first-order valence-corrected chi connectivity index (χ1v) is 7.13. The maximum Gasteiger partial charge on any atom is 0.121 e. The van der Waals surface area contributed by atoms with Gasteiger partial charge in [0.25, 0.3) is 0 Å². The lowest BCUT2D eigenvalue weighted by molar-refractivity contribution is 0.0445. The number of β-amino-alcohol motifs (C(OH)–C–C–N with tert-alkyl or cyclic N) is 1. The molecule has 20 heavy (non-hydrogen) atoms. The van der Waals surface area contributed by atoms with Crippen LogP contribution in [0.2, 0.25) is 0 Å². The van der Waals surface area contributed by atoms with Crippen LogP contribution in [-0.4, -0.2) is 23.1 Å². The van der Waals surface area contributed by atoms with Gasteiger partial charge < -0.3 is 9.52 Å². The quantitative estimate of drug-likeness (QED) is 0.932. The average molecular weight is 271 g/mol. The van der Waals surface area contributed by atoms with Crippen molar-refractivity contribution in [2.24, 2.45) is 0 Å². The zero-order chi connectivity index (χ0) is 14.2. The summed E-state index contributed by atoms with van der Waals surface area (Å²) in [6, 6.07) is 12.0. The molecule has 1 fully saturated rings. The van der Waals surface area contributed by atoms with E-state index in [1.807, 2.05) is 37.3 Å². The molecule has 0 radical (unpaired) electrons. The Morgan fingerprint density at radius 3 is 2.65 bits per heavy atom. The number of hydrogen-bond donors (Lipinski definition) is 1. The minimum atomic E-state index is -0.725. The van der Waals surface area contributed by atoms with Crippen LogP contribution >= 0.6 is 0 Å². The van der Waals surface area contributed by atoms with Gasteiger partial charge in [-0.25, -0.2) is 0 Å². The van der Waals surface area contributed by atoms with E-state index < -0.39 is 5.60 Å². The Labute approximate surface area is 119 Å². The molecule has 3 nitrogen and oxygen atoms in total. The van der Waals surface area contributed by atoms with E-state index in [1.54, 1.807) is 0 Å². The highest BCUT2D eigenvalue weighted by molar-refractivity contribution is 5.25. The van der Waals surface area contributed by atoms with Gasteiger partial charge in [0.2, 0.25) is 0 Å². The van der Waals surface area contributed by atoms with E-state index in [4.69, 9.17) is 4.42 Å². The maximum absolute atomic E-state index is 10.8. The Morgan fingerprint density at radius 2 is 2.00 bits per heavy atom. The molecular weight excluding hydrogens is 250 g/mol. The Hall–Kier alpha value is -1.58. The van der Waals surface area contributed by atoms with Crippen LogP contribution in [-0.2, 0) is 12.1 Å². The Kier molecular flexibility index (Phi) is 3.40. The Balaban J connectivity index is 1.72. The smallest absolute Gasteiger partial charge is 0.121 e. The van der Waals surface area contributed by atoms with Crippen LogP contribution in [0, 0.1) is 13.8 Å². The van der Waals surface area contributed by atoms with Gasteiger partial charge in [-0.1, -0.05) is 30.3 Å². The van der Waals surface area contributed by atoms with E-state index in [-0.39, 0.29) is 0 Å². The second-order valence-corrected chi connectivity index (χ2v) is 5.82. The highest BCUT2D eigenvalue weighted by Crippen LogP contribution is 2.32. The van der Waals surface area contributed by atoms with Crippen LogP contribution in [0.15, 0.2) is 40.8 Å². The standard InChI is InChI=1S/C17H21NO2/c1-13-10-14(2)20-16(13)11-18-9-8-17(19,12-18)15-6-4-3-5-7-15/h3-7,10,19H,8-9,11-12H2,1-2H3. The lowest BCUT2D eigenvalue weighted by Gasteiger charge is -2.23. The predicted octanol–water partition coefficient (Wildman–Crippen LogP) is 2.99. The molecule has 0 bridgehead atoms. The van der Waals surface area contributed by atoms with Crippen LogP contribution in [0.4, 0.5) is 0 Å². The molecule has 1 aromatic carbocycles. The molecule has 0 amide bonds. The molecule has 3 heteroatoms. The lowest BCUT2D eigenvalue weighted by atomic mass is 9.93. The maximum atomic E-state index is 10.8. The summed E-state index contributed by atoms with van der Waals surface area (Å²) in [5.41, 5.74) is 1.48. The molecule has 3 rings (SSSR count). The third kappa shape index (κ3) is 2.51. The highest BCUT2D eigenvalue weighted by atomic mass is 16.3. The normalized spacial score (nSPS) is 23.4. The van der Waals surface area contributed by atoms with Crippen LogP contribution in [0.3, 0.4) is 0 Å². The summed E-state index contributed by atoms with van der Waals surface area (Å²) in [4.78, 5) is 2.26. The fourth-order valence-corrected chi connectivity index (χ4v) is 3.04. The molecule has 0 saturated carbocycles. The molecule has 0 spiro atoms. The number of rotatable bonds is 3. The van der Waals surface area contributed by atoms with Gasteiger partial charge in [0, 0.05) is 13.1 Å². The summed E-state index contributed by atoms with van der Waals surface area (Å²) in [6.45, 7) is 6.38. The van der Waals surface area contributed by atoms with Crippen LogP contribution in [0.5, 0.6) is 0 Å². The van der Waals surface area contributed by atoms with Crippen molar-refractivity contribution in [2.75, 3.05) is 13.1 Å². The van der Waals surface area contributed by atoms with Crippen molar-refractivity contribution < 1.29 is 9.52 Å². The monoisotopic (exact) mass is 271 g/mol. The van der Waals surface area contributed by atoms with Crippen molar-refractivity contribution in [1.82, 2.24) is 4.90 Å². The molecule has 106 valence electrons. The SMILES string of the molecule is Cc1cc(C)c(CN2CCC(O)(c3ccccc3)C2)o1. The van der Waals surface area contributed by atoms with Crippen molar-refractivity contribution in [3.05, 3.63) is 59.0 Å². The summed E-state index contributed by atoms with van der Waals surface area (Å²) in [5.74, 6) is 1.97. The highest BCUT2D eigenvalue weighted by Gasteiger charge is 2.37. The zero-order valence-corrected chi connectivity index (χ0v) is 12.1. The first kappa shape index (κ1) is 13.4. The molecular formula is C17H21NO2. The molecule has 1 aliphatic heterocycles. The number of aryl methyl sites for hydroxylation is 2. The van der Waals surface area contributed by atoms with Crippen molar-refractivity contribution >= 4 is 0 Å². The average Bonchev–Trinajstić information content (AvgIpc) is 2.96. The van der Waals surface area contributed by atoms with E-state index in [0.717, 1.165) is 36.6 Å². The lowest BCUT2D eigenvalue weighted by Crippen LogP contribution is -2.30. The van der Waals surface area contributed by atoms with Crippen molar-refractivity contribution in [2.45, 2.75) is 32.4 Å². The Bertz CT molecular complexity index is 590.